The third-order valence-electron chi connectivity index (χ3n) is 5.13. The second kappa shape index (κ2) is 23.4. The van der Waals surface area contributed by atoms with Gasteiger partial charge in [0.2, 0.25) is 0 Å². The molecule has 2 unspecified atom stereocenters. The van der Waals surface area contributed by atoms with Gasteiger partial charge in [-0.3, -0.25) is 4.57 Å². The topological polar surface area (TPSA) is 58.6 Å². The van der Waals surface area contributed by atoms with Crippen molar-refractivity contribution in [2.45, 2.75) is 136 Å². The molecule has 0 fully saturated rings. The normalized spacial score (nSPS) is 14.4. The Bertz CT molecular complexity index is 355. The Labute approximate surface area is 218 Å². The summed E-state index contributed by atoms with van der Waals surface area (Å²) in [5.74, 6) is 0. The molecule has 0 heterocycles. The predicted octanol–water partition coefficient (Wildman–Crippen LogP) is 4.55. The summed E-state index contributed by atoms with van der Waals surface area (Å²) in [4.78, 5) is 11.5. The van der Waals surface area contributed by atoms with E-state index in [-0.39, 0.29) is 64.1 Å². The third kappa shape index (κ3) is 24.0. The van der Waals surface area contributed by atoms with Gasteiger partial charge in [-0.2, -0.15) is 0 Å². The van der Waals surface area contributed by atoms with Gasteiger partial charge in [0.25, 0.3) is 7.82 Å². The molecule has 0 saturated carbocycles. The van der Waals surface area contributed by atoms with Crippen molar-refractivity contribution in [1.29, 1.82) is 0 Å². The predicted molar refractivity (Wildman–Crippen MR) is 114 cm³/mol. The van der Waals surface area contributed by atoms with Crippen LogP contribution in [-0.4, -0.2) is 12.7 Å². The SMILES string of the molecule is CCCCCCCCCCCCCCCCCCOP(=O)([O-])OC(C)CC.[K+]. The van der Waals surface area contributed by atoms with Gasteiger partial charge in [0.05, 0.1) is 12.7 Å². The van der Waals surface area contributed by atoms with Crippen LogP contribution < -0.4 is 56.3 Å². The van der Waals surface area contributed by atoms with E-state index in [0.29, 0.717) is 6.42 Å². The van der Waals surface area contributed by atoms with Crippen molar-refractivity contribution < 1.29 is 69.9 Å². The monoisotopic (exact) mass is 444 g/mol. The summed E-state index contributed by atoms with van der Waals surface area (Å²) in [6, 6.07) is 0. The molecular weight excluding hydrogens is 398 g/mol. The maximum absolute atomic E-state index is 11.5. The molecule has 4 nitrogen and oxygen atoms in total. The van der Waals surface area contributed by atoms with Gasteiger partial charge in [-0.15, -0.1) is 0 Å². The van der Waals surface area contributed by atoms with E-state index in [1.54, 1.807) is 6.92 Å². The van der Waals surface area contributed by atoms with Gasteiger partial charge in [0.15, 0.2) is 0 Å². The van der Waals surface area contributed by atoms with E-state index in [2.05, 4.69) is 6.92 Å². The summed E-state index contributed by atoms with van der Waals surface area (Å²) < 4.78 is 21.3. The van der Waals surface area contributed by atoms with E-state index < -0.39 is 7.82 Å². The van der Waals surface area contributed by atoms with Crippen LogP contribution in [0, 0.1) is 0 Å². The molecule has 0 aliphatic carbocycles. The van der Waals surface area contributed by atoms with Crippen molar-refractivity contribution in [2.24, 2.45) is 0 Å². The molecule has 28 heavy (non-hydrogen) atoms. The molecule has 0 aromatic carbocycles. The van der Waals surface area contributed by atoms with Crippen LogP contribution in [0.1, 0.15) is 130 Å². The first-order valence-corrected chi connectivity index (χ1v) is 13.1. The summed E-state index contributed by atoms with van der Waals surface area (Å²) in [5.41, 5.74) is 0. The van der Waals surface area contributed by atoms with Crippen molar-refractivity contribution in [3.8, 4) is 0 Å². The summed E-state index contributed by atoms with van der Waals surface area (Å²) in [6.45, 7) is 6.14. The van der Waals surface area contributed by atoms with E-state index in [9.17, 15) is 9.46 Å². The van der Waals surface area contributed by atoms with Crippen LogP contribution in [0.3, 0.4) is 0 Å². The van der Waals surface area contributed by atoms with Gasteiger partial charge in [-0.1, -0.05) is 110 Å². The Morgan fingerprint density at radius 1 is 0.714 bits per heavy atom. The first kappa shape index (κ1) is 31.9. The largest absolute Gasteiger partial charge is 1.00 e. The fraction of sp³-hybridized carbons (Fsp3) is 1.00. The molecule has 0 aliphatic rings. The second-order valence-electron chi connectivity index (χ2n) is 7.91. The molecule has 0 aliphatic heterocycles. The number of phosphoric acid groups is 1. The average molecular weight is 445 g/mol. The van der Waals surface area contributed by atoms with Gasteiger partial charge in [-0.05, 0) is 19.8 Å². The minimum atomic E-state index is -4.11. The molecule has 164 valence electrons. The van der Waals surface area contributed by atoms with Gasteiger partial charge < -0.3 is 13.9 Å². The zero-order valence-electron chi connectivity index (χ0n) is 19.4. The van der Waals surface area contributed by atoms with E-state index in [0.717, 1.165) is 19.3 Å². The van der Waals surface area contributed by atoms with Crippen molar-refractivity contribution in [3.05, 3.63) is 0 Å². The summed E-state index contributed by atoms with van der Waals surface area (Å²) >= 11 is 0. The molecule has 0 aromatic heterocycles. The Morgan fingerprint density at radius 3 is 1.43 bits per heavy atom. The summed E-state index contributed by atoms with van der Waals surface area (Å²) in [5, 5.41) is 0. The van der Waals surface area contributed by atoms with Crippen LogP contribution in [0.2, 0.25) is 0 Å². The fourth-order valence-corrected chi connectivity index (χ4v) is 4.16. The van der Waals surface area contributed by atoms with Crippen LogP contribution in [0.25, 0.3) is 0 Å². The number of rotatable bonds is 21. The van der Waals surface area contributed by atoms with Crippen LogP contribution in [0.5, 0.6) is 0 Å². The van der Waals surface area contributed by atoms with Gasteiger partial charge in [0.1, 0.15) is 0 Å². The summed E-state index contributed by atoms with van der Waals surface area (Å²) in [7, 11) is -4.11. The maximum Gasteiger partial charge on any atom is 1.00 e. The Balaban J connectivity index is 0. The van der Waals surface area contributed by atoms with E-state index in [1.165, 1.54) is 83.5 Å². The molecular formula is C22H46KO4P. The molecule has 0 bridgehead atoms. The zero-order valence-corrected chi connectivity index (χ0v) is 23.4. The van der Waals surface area contributed by atoms with Gasteiger partial charge in [0, 0.05) is 0 Å². The average Bonchev–Trinajstić information content (AvgIpc) is 2.63. The van der Waals surface area contributed by atoms with E-state index in [4.69, 9.17) is 9.05 Å². The van der Waals surface area contributed by atoms with E-state index >= 15 is 0 Å². The number of unbranched alkanes of at least 4 members (excludes halogenated alkanes) is 15. The first-order valence-electron chi connectivity index (χ1n) is 11.7. The molecule has 0 radical (unpaired) electrons. The van der Waals surface area contributed by atoms with Crippen LogP contribution in [0.4, 0.5) is 0 Å². The van der Waals surface area contributed by atoms with Crippen molar-refractivity contribution in [1.82, 2.24) is 0 Å². The van der Waals surface area contributed by atoms with Gasteiger partial charge >= 0.3 is 51.4 Å². The Morgan fingerprint density at radius 2 is 1.07 bits per heavy atom. The van der Waals surface area contributed by atoms with Crippen molar-refractivity contribution in [3.63, 3.8) is 0 Å². The molecule has 0 N–H and O–H groups in total. The van der Waals surface area contributed by atoms with Crippen LogP contribution in [0.15, 0.2) is 0 Å². The van der Waals surface area contributed by atoms with E-state index in [1.807, 2.05) is 6.92 Å². The minimum Gasteiger partial charge on any atom is -0.756 e. The summed E-state index contributed by atoms with van der Waals surface area (Å²) in [6.07, 6.45) is 21.2. The minimum absolute atomic E-state index is 0. The molecule has 6 heteroatoms. The molecule has 0 saturated heterocycles. The number of phosphoric ester groups is 1. The zero-order chi connectivity index (χ0) is 20.2. The quantitative estimate of drug-likeness (QED) is 0.148. The molecule has 2 atom stereocenters. The third-order valence-corrected chi connectivity index (χ3v) is 6.25. The first-order chi connectivity index (χ1) is 13.0. The molecule has 0 aromatic rings. The molecule has 0 spiro atoms. The smallest absolute Gasteiger partial charge is 0.756 e. The maximum atomic E-state index is 11.5. The molecule has 0 rings (SSSR count). The standard InChI is InChI=1S/C22H47O4P.K/c1-4-6-7-8-9-10-11-12-13-14-15-16-17-18-19-20-21-25-27(23,24)26-22(3)5-2;/h22H,4-21H2,1-3H3,(H,23,24);/q;+1/p-1. The van der Waals surface area contributed by atoms with Crippen LogP contribution >= 0.6 is 7.82 Å². The van der Waals surface area contributed by atoms with Crippen LogP contribution in [-0.2, 0) is 13.6 Å². The number of hydrogen-bond acceptors (Lipinski definition) is 4. The number of hydrogen-bond donors (Lipinski definition) is 0. The Hall–Kier alpha value is 1.75. The van der Waals surface area contributed by atoms with Crippen molar-refractivity contribution in [2.75, 3.05) is 6.61 Å². The fourth-order valence-electron chi connectivity index (χ4n) is 3.15. The second-order valence-corrected chi connectivity index (χ2v) is 9.27. The Kier molecular flexibility index (Phi) is 26.7. The van der Waals surface area contributed by atoms with Crippen molar-refractivity contribution >= 4 is 7.82 Å². The molecule has 0 amide bonds. The van der Waals surface area contributed by atoms with Gasteiger partial charge in [-0.25, -0.2) is 0 Å².